The summed E-state index contributed by atoms with van der Waals surface area (Å²) in [5, 5.41) is 5.12. The minimum Gasteiger partial charge on any atom is -0.339 e. The van der Waals surface area contributed by atoms with E-state index in [0.29, 0.717) is 12.6 Å². The van der Waals surface area contributed by atoms with Gasteiger partial charge in [-0.25, -0.2) is 13.2 Å². The number of alkyl halides is 3. The molecular formula is C22H25F3N4O4S. The van der Waals surface area contributed by atoms with Gasteiger partial charge in [0.2, 0.25) is 15.9 Å². The third kappa shape index (κ3) is 6.48. The lowest BCUT2D eigenvalue weighted by Gasteiger charge is -2.34. The summed E-state index contributed by atoms with van der Waals surface area (Å²) in [6.45, 7) is 1.98. The molecule has 1 saturated heterocycles. The summed E-state index contributed by atoms with van der Waals surface area (Å²) >= 11 is 0. The number of benzene rings is 2. The molecule has 0 aliphatic carbocycles. The first-order valence-electron chi connectivity index (χ1n) is 10.5. The van der Waals surface area contributed by atoms with Gasteiger partial charge < -0.3 is 15.5 Å². The van der Waals surface area contributed by atoms with Crippen molar-refractivity contribution in [3.63, 3.8) is 0 Å². The van der Waals surface area contributed by atoms with Crippen LogP contribution in [0.3, 0.4) is 0 Å². The minimum atomic E-state index is -4.66. The average Bonchev–Trinajstić information content (AvgIpc) is 2.81. The molecule has 1 heterocycles. The Bertz CT molecular complexity index is 1130. The number of nitrogens with one attached hydrogen (secondary N) is 2. The maximum atomic E-state index is 12.9. The normalized spacial score (nSPS) is 15.1. The van der Waals surface area contributed by atoms with Gasteiger partial charge >= 0.3 is 12.2 Å². The molecular weight excluding hydrogens is 473 g/mol. The van der Waals surface area contributed by atoms with Crippen LogP contribution in [0.2, 0.25) is 0 Å². The quantitative estimate of drug-likeness (QED) is 0.639. The Kier molecular flexibility index (Phi) is 7.82. The number of sulfonamides is 1. The van der Waals surface area contributed by atoms with E-state index in [9.17, 15) is 31.2 Å². The van der Waals surface area contributed by atoms with Crippen molar-refractivity contribution in [1.82, 2.24) is 19.8 Å². The number of urea groups is 1. The molecule has 184 valence electrons. The van der Waals surface area contributed by atoms with Crippen LogP contribution >= 0.6 is 0 Å². The van der Waals surface area contributed by atoms with Crippen molar-refractivity contribution in [2.45, 2.75) is 24.5 Å². The van der Waals surface area contributed by atoms with Gasteiger partial charge in [-0.2, -0.15) is 17.5 Å². The van der Waals surface area contributed by atoms with Crippen molar-refractivity contribution in [2.75, 3.05) is 32.7 Å². The van der Waals surface area contributed by atoms with E-state index in [-0.39, 0.29) is 38.6 Å². The Hall–Kier alpha value is -3.12. The minimum absolute atomic E-state index is 0.0592. The molecule has 12 heteroatoms. The number of hydrogen-bond acceptors (Lipinski definition) is 4. The lowest BCUT2D eigenvalue weighted by Crippen LogP contribution is -2.53. The fourth-order valence-corrected chi connectivity index (χ4v) is 4.85. The van der Waals surface area contributed by atoms with Gasteiger partial charge in [0.05, 0.1) is 17.0 Å². The number of nitrogens with zero attached hydrogens (tertiary/aromatic N) is 2. The molecule has 2 N–H and O–H groups in total. The Morgan fingerprint density at radius 1 is 0.971 bits per heavy atom. The summed E-state index contributed by atoms with van der Waals surface area (Å²) in [5.74, 6) is -0.387. The smallest absolute Gasteiger partial charge is 0.339 e. The van der Waals surface area contributed by atoms with Crippen LogP contribution in [0.1, 0.15) is 16.7 Å². The fourth-order valence-electron chi connectivity index (χ4n) is 3.38. The Morgan fingerprint density at radius 3 is 2.24 bits per heavy atom. The van der Waals surface area contributed by atoms with Crippen LogP contribution in [-0.4, -0.2) is 62.3 Å². The number of piperazine rings is 1. The van der Waals surface area contributed by atoms with E-state index in [2.05, 4.69) is 10.6 Å². The van der Waals surface area contributed by atoms with Gasteiger partial charge in [0, 0.05) is 32.7 Å². The van der Waals surface area contributed by atoms with Crippen molar-refractivity contribution >= 4 is 22.0 Å². The summed E-state index contributed by atoms with van der Waals surface area (Å²) < 4.78 is 65.4. The van der Waals surface area contributed by atoms with E-state index < -0.39 is 32.7 Å². The van der Waals surface area contributed by atoms with E-state index in [1.807, 2.05) is 31.2 Å². The van der Waals surface area contributed by atoms with Gasteiger partial charge in [-0.3, -0.25) is 4.79 Å². The Labute approximate surface area is 195 Å². The highest BCUT2D eigenvalue weighted by Gasteiger charge is 2.34. The zero-order valence-electron chi connectivity index (χ0n) is 18.4. The molecule has 3 rings (SSSR count). The number of carbonyl (C=O) groups excluding carboxylic acids is 2. The molecule has 2 aromatic carbocycles. The lowest BCUT2D eigenvalue weighted by molar-refractivity contribution is -0.137. The van der Waals surface area contributed by atoms with E-state index in [0.717, 1.165) is 33.6 Å². The molecule has 34 heavy (non-hydrogen) atoms. The molecule has 0 radical (unpaired) electrons. The highest BCUT2D eigenvalue weighted by molar-refractivity contribution is 7.89. The molecule has 3 amide bonds. The molecule has 0 saturated carbocycles. The SMILES string of the molecule is Cc1ccc(CNC(=O)NCC(=O)N2CCN(S(=O)(=O)c3cccc(C(F)(F)F)c3)CC2)cc1. The second-order valence-corrected chi connectivity index (χ2v) is 9.77. The molecule has 8 nitrogen and oxygen atoms in total. The number of carbonyl (C=O) groups is 2. The van der Waals surface area contributed by atoms with Gasteiger partial charge in [0.1, 0.15) is 0 Å². The molecule has 1 aliphatic heterocycles. The number of hydrogen-bond donors (Lipinski definition) is 2. The maximum absolute atomic E-state index is 12.9. The Balaban J connectivity index is 1.48. The molecule has 2 aromatic rings. The standard InChI is InChI=1S/C22H25F3N4O4S/c1-16-5-7-17(8-6-16)14-26-21(31)27-15-20(30)28-9-11-29(12-10-28)34(32,33)19-4-2-3-18(13-19)22(23,24)25/h2-8,13H,9-12,14-15H2,1H3,(H2,26,27,31). The highest BCUT2D eigenvalue weighted by Crippen LogP contribution is 2.31. The second-order valence-electron chi connectivity index (χ2n) is 7.83. The zero-order valence-corrected chi connectivity index (χ0v) is 19.2. The average molecular weight is 499 g/mol. The number of aryl methyl sites for hydroxylation is 1. The fraction of sp³-hybridized carbons (Fsp3) is 0.364. The summed E-state index contributed by atoms with van der Waals surface area (Å²) in [6.07, 6.45) is -4.66. The molecule has 0 atom stereocenters. The molecule has 1 aliphatic rings. The first kappa shape index (κ1) is 25.5. The lowest BCUT2D eigenvalue weighted by atomic mass is 10.1. The molecule has 0 bridgehead atoms. The van der Waals surface area contributed by atoms with Crippen LogP contribution in [0.5, 0.6) is 0 Å². The first-order chi connectivity index (χ1) is 16.0. The third-order valence-corrected chi connectivity index (χ3v) is 7.26. The van der Waals surface area contributed by atoms with Crippen molar-refractivity contribution in [2.24, 2.45) is 0 Å². The van der Waals surface area contributed by atoms with Crippen LogP contribution in [0.15, 0.2) is 53.4 Å². The molecule has 1 fully saturated rings. The largest absolute Gasteiger partial charge is 0.416 e. The monoisotopic (exact) mass is 498 g/mol. The van der Waals surface area contributed by atoms with Crippen LogP contribution in [0.25, 0.3) is 0 Å². The van der Waals surface area contributed by atoms with Crippen LogP contribution < -0.4 is 10.6 Å². The van der Waals surface area contributed by atoms with Crippen LogP contribution in [0, 0.1) is 6.92 Å². The van der Waals surface area contributed by atoms with E-state index >= 15 is 0 Å². The third-order valence-electron chi connectivity index (χ3n) is 5.36. The summed E-state index contributed by atoms with van der Waals surface area (Å²) in [6, 6.07) is 10.7. The maximum Gasteiger partial charge on any atom is 0.416 e. The predicted octanol–water partition coefficient (Wildman–Crippen LogP) is 2.35. The van der Waals surface area contributed by atoms with Gasteiger partial charge in [0.25, 0.3) is 0 Å². The molecule has 0 aromatic heterocycles. The van der Waals surface area contributed by atoms with Gasteiger partial charge in [-0.05, 0) is 30.7 Å². The van der Waals surface area contributed by atoms with Gasteiger partial charge in [0.15, 0.2) is 0 Å². The van der Waals surface area contributed by atoms with Crippen LogP contribution in [-0.2, 0) is 27.5 Å². The first-order valence-corrected chi connectivity index (χ1v) is 11.9. The predicted molar refractivity (Wildman–Crippen MR) is 118 cm³/mol. The van der Waals surface area contributed by atoms with Crippen molar-refractivity contribution < 1.29 is 31.2 Å². The van der Waals surface area contributed by atoms with Crippen molar-refractivity contribution in [1.29, 1.82) is 0 Å². The molecule has 0 unspecified atom stereocenters. The van der Waals surface area contributed by atoms with E-state index in [4.69, 9.17) is 0 Å². The van der Waals surface area contributed by atoms with Crippen molar-refractivity contribution in [3.05, 3.63) is 65.2 Å². The summed E-state index contributed by atoms with van der Waals surface area (Å²) in [5.41, 5.74) is 0.959. The summed E-state index contributed by atoms with van der Waals surface area (Å²) in [7, 11) is -4.14. The van der Waals surface area contributed by atoms with Crippen molar-refractivity contribution in [3.8, 4) is 0 Å². The number of amides is 3. The zero-order chi connectivity index (χ0) is 24.9. The van der Waals surface area contributed by atoms with E-state index in [1.165, 1.54) is 4.90 Å². The van der Waals surface area contributed by atoms with E-state index in [1.54, 1.807) is 0 Å². The highest BCUT2D eigenvalue weighted by atomic mass is 32.2. The summed E-state index contributed by atoms with van der Waals surface area (Å²) in [4.78, 5) is 25.3. The second kappa shape index (κ2) is 10.4. The number of rotatable bonds is 6. The van der Waals surface area contributed by atoms with Gasteiger partial charge in [-0.15, -0.1) is 0 Å². The topological polar surface area (TPSA) is 98.8 Å². The molecule has 0 spiro atoms. The van der Waals surface area contributed by atoms with Gasteiger partial charge in [-0.1, -0.05) is 35.9 Å². The number of halogens is 3. The van der Waals surface area contributed by atoms with Crippen LogP contribution in [0.4, 0.5) is 18.0 Å². The Morgan fingerprint density at radius 2 is 1.62 bits per heavy atom.